The molecule has 0 saturated carbocycles. The summed E-state index contributed by atoms with van der Waals surface area (Å²) < 4.78 is 0.547. The monoisotopic (exact) mass is 483 g/mol. The van der Waals surface area contributed by atoms with Gasteiger partial charge < -0.3 is 5.11 Å². The molecule has 3 N–H and O–H groups in total. The molecular weight excluding hydrogens is 458 g/mol. The van der Waals surface area contributed by atoms with Crippen molar-refractivity contribution in [3.63, 3.8) is 0 Å². The van der Waals surface area contributed by atoms with Gasteiger partial charge in [0.05, 0.1) is 4.91 Å². The first-order chi connectivity index (χ1) is 15.8. The second-order valence-electron chi connectivity index (χ2n) is 7.61. The third kappa shape index (κ3) is 7.16. The molecule has 9 heteroatoms. The molecule has 3 rings (SSSR count). The number of hydrazine groups is 1. The average molecular weight is 484 g/mol. The minimum atomic E-state index is -0.507. The number of hydrogen-bond acceptors (Lipinski definition) is 6. The van der Waals surface area contributed by atoms with E-state index in [1.54, 1.807) is 11.0 Å². The van der Waals surface area contributed by atoms with Gasteiger partial charge >= 0.3 is 0 Å². The van der Waals surface area contributed by atoms with Crippen LogP contribution in [0, 0.1) is 6.92 Å². The first kappa shape index (κ1) is 24.5. The Hall–Kier alpha value is -3.17. The number of benzene rings is 2. The Morgan fingerprint density at radius 1 is 1.09 bits per heavy atom. The summed E-state index contributed by atoms with van der Waals surface area (Å²) in [7, 11) is 0. The Bertz CT molecular complexity index is 1080. The van der Waals surface area contributed by atoms with Gasteiger partial charge in [0.2, 0.25) is 5.91 Å². The minimum Gasteiger partial charge on any atom is -0.508 e. The van der Waals surface area contributed by atoms with Gasteiger partial charge in [0.1, 0.15) is 10.1 Å². The van der Waals surface area contributed by atoms with E-state index in [0.29, 0.717) is 28.6 Å². The van der Waals surface area contributed by atoms with Crippen LogP contribution in [0.1, 0.15) is 47.2 Å². The van der Waals surface area contributed by atoms with E-state index in [0.717, 1.165) is 17.5 Å². The zero-order valence-corrected chi connectivity index (χ0v) is 19.8. The molecule has 2 aromatic rings. The normalized spacial score (nSPS) is 14.6. The van der Waals surface area contributed by atoms with Crippen LogP contribution in [0.2, 0.25) is 0 Å². The first-order valence-corrected chi connectivity index (χ1v) is 11.8. The van der Waals surface area contributed by atoms with Crippen LogP contribution in [0.3, 0.4) is 0 Å². The van der Waals surface area contributed by atoms with Crippen molar-refractivity contribution in [3.8, 4) is 5.75 Å². The van der Waals surface area contributed by atoms with Crippen LogP contribution in [0.15, 0.2) is 53.4 Å². The molecule has 2 aromatic carbocycles. The molecule has 7 nitrogen and oxygen atoms in total. The quantitative estimate of drug-likeness (QED) is 0.228. The predicted molar refractivity (Wildman–Crippen MR) is 133 cm³/mol. The summed E-state index contributed by atoms with van der Waals surface area (Å²) >= 11 is 6.67. The number of thioether (sulfide) groups is 1. The highest BCUT2D eigenvalue weighted by Gasteiger charge is 2.31. The van der Waals surface area contributed by atoms with Crippen molar-refractivity contribution in [1.82, 2.24) is 15.8 Å². The maximum atomic E-state index is 12.7. The van der Waals surface area contributed by atoms with Crippen LogP contribution in [0.4, 0.5) is 0 Å². The summed E-state index contributed by atoms with van der Waals surface area (Å²) in [4.78, 5) is 38.8. The predicted octanol–water partition coefficient (Wildman–Crippen LogP) is 3.92. The summed E-state index contributed by atoms with van der Waals surface area (Å²) in [5.41, 5.74) is 7.05. The highest BCUT2D eigenvalue weighted by molar-refractivity contribution is 8.26. The van der Waals surface area contributed by atoms with Crippen LogP contribution in [0.5, 0.6) is 5.75 Å². The number of phenols is 1. The van der Waals surface area contributed by atoms with Crippen molar-refractivity contribution < 1.29 is 19.5 Å². The standard InChI is InChI=1S/C24H25N3O4S2/c1-16-9-11-17(12-10-16)14-20-23(31)27(24(32)33-20)13-4-2-3-8-21(29)25-26-22(30)18-6-5-7-19(28)15-18/h5-7,9-12,14-15,28H,2-4,8,13H2,1H3,(H,25,29)(H,26,30)/b20-14-. The Balaban J connectivity index is 1.36. The fourth-order valence-corrected chi connectivity index (χ4v) is 4.46. The van der Waals surface area contributed by atoms with Crippen LogP contribution in [0.25, 0.3) is 6.08 Å². The van der Waals surface area contributed by atoms with E-state index >= 15 is 0 Å². The van der Waals surface area contributed by atoms with E-state index in [1.165, 1.54) is 30.0 Å². The molecule has 1 heterocycles. The molecule has 0 unspecified atom stereocenters. The number of carbonyl (C=O) groups is 3. The van der Waals surface area contributed by atoms with E-state index in [4.69, 9.17) is 12.2 Å². The topological polar surface area (TPSA) is 98.7 Å². The molecule has 1 aliphatic rings. The van der Waals surface area contributed by atoms with Gasteiger partial charge in [-0.3, -0.25) is 30.1 Å². The fraction of sp³-hybridized carbons (Fsp3) is 0.250. The van der Waals surface area contributed by atoms with E-state index in [2.05, 4.69) is 10.9 Å². The van der Waals surface area contributed by atoms with Gasteiger partial charge in [-0.15, -0.1) is 0 Å². The largest absolute Gasteiger partial charge is 0.508 e. The molecule has 1 aliphatic heterocycles. The molecule has 172 valence electrons. The molecule has 1 fully saturated rings. The molecule has 1 saturated heterocycles. The van der Waals surface area contributed by atoms with Crippen molar-refractivity contribution in [2.24, 2.45) is 0 Å². The summed E-state index contributed by atoms with van der Waals surface area (Å²) in [6.07, 6.45) is 4.16. The zero-order chi connectivity index (χ0) is 23.8. The van der Waals surface area contributed by atoms with Gasteiger partial charge in [0.25, 0.3) is 11.8 Å². The number of unbranched alkanes of at least 4 members (excludes halogenated alkanes) is 2. The van der Waals surface area contributed by atoms with Crippen LogP contribution in [-0.2, 0) is 9.59 Å². The number of thiocarbonyl (C=S) groups is 1. The molecule has 0 atom stereocenters. The Morgan fingerprint density at radius 2 is 1.85 bits per heavy atom. The third-order valence-electron chi connectivity index (χ3n) is 4.96. The zero-order valence-electron chi connectivity index (χ0n) is 18.2. The van der Waals surface area contributed by atoms with Crippen LogP contribution in [-0.4, -0.2) is 38.6 Å². The van der Waals surface area contributed by atoms with Gasteiger partial charge in [0, 0.05) is 18.5 Å². The maximum absolute atomic E-state index is 12.7. The molecule has 33 heavy (non-hydrogen) atoms. The summed E-state index contributed by atoms with van der Waals surface area (Å²) in [6, 6.07) is 13.8. The number of hydrogen-bond donors (Lipinski definition) is 3. The number of aromatic hydroxyl groups is 1. The molecule has 0 spiro atoms. The van der Waals surface area contributed by atoms with E-state index < -0.39 is 5.91 Å². The number of carbonyl (C=O) groups excluding carboxylic acids is 3. The number of nitrogens with one attached hydrogen (secondary N) is 2. The minimum absolute atomic E-state index is 0.0268. The van der Waals surface area contributed by atoms with Crippen molar-refractivity contribution in [3.05, 3.63) is 70.1 Å². The molecular formula is C24H25N3O4S2. The lowest BCUT2D eigenvalue weighted by Gasteiger charge is -2.14. The van der Waals surface area contributed by atoms with Crippen LogP contribution >= 0.6 is 24.0 Å². The summed E-state index contributed by atoms with van der Waals surface area (Å²) in [6.45, 7) is 2.52. The summed E-state index contributed by atoms with van der Waals surface area (Å²) in [5, 5.41) is 9.40. The molecule has 0 aromatic heterocycles. The molecule has 0 aliphatic carbocycles. The maximum Gasteiger partial charge on any atom is 0.269 e. The summed E-state index contributed by atoms with van der Waals surface area (Å²) in [5.74, 6) is -0.929. The van der Waals surface area contributed by atoms with Crippen molar-refractivity contribution >= 4 is 52.1 Å². The number of nitrogens with zero attached hydrogens (tertiary/aromatic N) is 1. The van der Waals surface area contributed by atoms with Crippen molar-refractivity contribution in [2.75, 3.05) is 6.54 Å². The number of rotatable bonds is 8. The Morgan fingerprint density at radius 3 is 2.58 bits per heavy atom. The third-order valence-corrected chi connectivity index (χ3v) is 6.34. The van der Waals surface area contributed by atoms with Crippen LogP contribution < -0.4 is 10.9 Å². The lowest BCUT2D eigenvalue weighted by Crippen LogP contribution is -2.41. The SMILES string of the molecule is Cc1ccc(/C=C2\SC(=S)N(CCCCCC(=O)NNC(=O)c3cccc(O)c3)C2=O)cc1. The number of aryl methyl sites for hydroxylation is 1. The van der Waals surface area contributed by atoms with Gasteiger partial charge in [-0.25, -0.2) is 0 Å². The molecule has 3 amide bonds. The second kappa shape index (κ2) is 11.6. The van der Waals surface area contributed by atoms with E-state index in [1.807, 2.05) is 37.3 Å². The fourth-order valence-electron chi connectivity index (χ4n) is 3.15. The lowest BCUT2D eigenvalue weighted by molar-refractivity contribution is -0.123. The lowest BCUT2D eigenvalue weighted by atomic mass is 10.1. The van der Waals surface area contributed by atoms with Gasteiger partial charge in [-0.1, -0.05) is 66.3 Å². The van der Waals surface area contributed by atoms with Crippen molar-refractivity contribution in [2.45, 2.75) is 32.6 Å². The highest BCUT2D eigenvalue weighted by Crippen LogP contribution is 2.32. The van der Waals surface area contributed by atoms with E-state index in [9.17, 15) is 19.5 Å². The van der Waals surface area contributed by atoms with Gasteiger partial charge in [-0.05, 0) is 49.6 Å². The van der Waals surface area contributed by atoms with Gasteiger partial charge in [0.15, 0.2) is 0 Å². The number of amides is 3. The highest BCUT2D eigenvalue weighted by atomic mass is 32.2. The smallest absolute Gasteiger partial charge is 0.269 e. The molecule has 0 radical (unpaired) electrons. The Labute approximate surface area is 202 Å². The van der Waals surface area contributed by atoms with Gasteiger partial charge in [-0.2, -0.15) is 0 Å². The van der Waals surface area contributed by atoms with Crippen molar-refractivity contribution in [1.29, 1.82) is 0 Å². The first-order valence-electron chi connectivity index (χ1n) is 10.5. The second-order valence-corrected chi connectivity index (χ2v) is 9.28. The number of phenolic OH excluding ortho intramolecular Hbond substituents is 1. The Kier molecular flexibility index (Phi) is 8.62. The average Bonchev–Trinajstić information content (AvgIpc) is 3.06. The molecule has 0 bridgehead atoms. The van der Waals surface area contributed by atoms with E-state index in [-0.39, 0.29) is 29.5 Å².